The van der Waals surface area contributed by atoms with Crippen LogP contribution in [0.3, 0.4) is 0 Å². The fourth-order valence-electron chi connectivity index (χ4n) is 7.23. The quantitative estimate of drug-likeness (QED) is 0.300. The molecule has 4 aliphatic rings. The highest BCUT2D eigenvalue weighted by atomic mass is 16.5. The van der Waals surface area contributed by atoms with Crippen LogP contribution < -0.4 is 9.64 Å². The fraction of sp³-hybridized carbons (Fsp3) is 0.606. The Balaban J connectivity index is 1.49. The van der Waals surface area contributed by atoms with Gasteiger partial charge < -0.3 is 29.3 Å². The van der Waals surface area contributed by atoms with Gasteiger partial charge in [-0.1, -0.05) is 50.5 Å². The van der Waals surface area contributed by atoms with Crippen molar-refractivity contribution in [1.82, 2.24) is 9.80 Å². The number of hydrogen-bond acceptors (Lipinski definition) is 6. The Kier molecular flexibility index (Phi) is 9.38. The van der Waals surface area contributed by atoms with Crippen molar-refractivity contribution in [2.24, 2.45) is 11.8 Å². The summed E-state index contributed by atoms with van der Waals surface area (Å²) in [5, 5.41) is 9.19. The third-order valence-corrected chi connectivity index (χ3v) is 9.19. The zero-order valence-corrected chi connectivity index (χ0v) is 25.1. The van der Waals surface area contributed by atoms with Gasteiger partial charge in [-0.3, -0.25) is 14.4 Å². The van der Waals surface area contributed by atoms with Gasteiger partial charge in [0.25, 0.3) is 0 Å². The van der Waals surface area contributed by atoms with E-state index in [9.17, 15) is 19.5 Å². The minimum absolute atomic E-state index is 0.0198. The van der Waals surface area contributed by atoms with Crippen molar-refractivity contribution >= 4 is 23.4 Å². The lowest BCUT2D eigenvalue weighted by atomic mass is 9.77. The topological polar surface area (TPSA) is 99.6 Å². The summed E-state index contributed by atoms with van der Waals surface area (Å²) in [5.41, 5.74) is -0.485. The van der Waals surface area contributed by atoms with E-state index in [-0.39, 0.29) is 30.4 Å². The van der Waals surface area contributed by atoms with Crippen LogP contribution >= 0.6 is 0 Å². The third-order valence-electron chi connectivity index (χ3n) is 9.19. The number of rotatable bonds is 12. The van der Waals surface area contributed by atoms with Gasteiger partial charge in [0.1, 0.15) is 17.4 Å². The second-order valence-electron chi connectivity index (χ2n) is 11.8. The number of aliphatic hydroxyl groups is 1. The molecule has 1 aromatic rings. The van der Waals surface area contributed by atoms with Crippen LogP contribution in [0.25, 0.3) is 0 Å². The van der Waals surface area contributed by atoms with Crippen LogP contribution in [0, 0.1) is 11.8 Å². The van der Waals surface area contributed by atoms with E-state index < -0.39 is 29.6 Å². The van der Waals surface area contributed by atoms with Crippen molar-refractivity contribution in [1.29, 1.82) is 0 Å². The van der Waals surface area contributed by atoms with E-state index in [0.717, 1.165) is 37.1 Å². The summed E-state index contributed by atoms with van der Waals surface area (Å²) in [7, 11) is 0. The first-order valence-corrected chi connectivity index (χ1v) is 15.7. The minimum atomic E-state index is -1.21. The number of ether oxygens (including phenoxy) is 2. The number of amides is 3. The third kappa shape index (κ3) is 5.37. The highest BCUT2D eigenvalue weighted by molar-refractivity contribution is 6.03. The first-order valence-electron chi connectivity index (χ1n) is 15.7. The van der Waals surface area contributed by atoms with Gasteiger partial charge in [0.2, 0.25) is 17.7 Å². The van der Waals surface area contributed by atoms with Gasteiger partial charge >= 0.3 is 0 Å². The largest absolute Gasteiger partial charge is 0.494 e. The zero-order chi connectivity index (χ0) is 29.9. The molecule has 0 saturated carbocycles. The molecule has 1 aromatic carbocycles. The van der Waals surface area contributed by atoms with E-state index in [1.54, 1.807) is 9.80 Å². The summed E-state index contributed by atoms with van der Waals surface area (Å²) >= 11 is 0. The van der Waals surface area contributed by atoms with Crippen molar-refractivity contribution in [3.05, 3.63) is 48.6 Å². The molecule has 9 nitrogen and oxygen atoms in total. The number of unbranched alkanes of at least 4 members (excludes halogenated alkanes) is 3. The maximum atomic E-state index is 14.4. The Hall–Kier alpha value is -3.17. The van der Waals surface area contributed by atoms with E-state index in [2.05, 4.69) is 13.8 Å². The number of anilines is 1. The number of fused-ring (bicyclic) bond motifs is 2. The number of carbonyl (C=O) groups is 3. The van der Waals surface area contributed by atoms with Crippen LogP contribution in [0.5, 0.6) is 5.75 Å². The van der Waals surface area contributed by atoms with Crippen molar-refractivity contribution in [3.8, 4) is 5.75 Å². The van der Waals surface area contributed by atoms with Gasteiger partial charge in [-0.25, -0.2) is 0 Å². The van der Waals surface area contributed by atoms with Gasteiger partial charge in [-0.2, -0.15) is 0 Å². The van der Waals surface area contributed by atoms with Crippen molar-refractivity contribution in [2.75, 3.05) is 37.7 Å². The molecule has 4 aliphatic heterocycles. The minimum Gasteiger partial charge on any atom is -0.494 e. The molecule has 3 amide bonds. The van der Waals surface area contributed by atoms with Crippen molar-refractivity contribution < 1.29 is 29.0 Å². The molecular weight excluding hydrogens is 534 g/mol. The van der Waals surface area contributed by atoms with Crippen LogP contribution in [0.2, 0.25) is 0 Å². The molecule has 1 spiro atoms. The molecule has 6 atom stereocenters. The molecule has 9 heteroatoms. The second kappa shape index (κ2) is 13.0. The normalized spacial score (nSPS) is 29.3. The molecular formula is C33H45N3O6. The Morgan fingerprint density at radius 1 is 1.00 bits per heavy atom. The summed E-state index contributed by atoms with van der Waals surface area (Å²) < 4.78 is 12.3. The SMILES string of the molecule is CCCC(C)N1CC=C[C@]23O[C@H]4C=CCN(c5ccc(OCC)cc5)C(=O)[C@H]4[C@H]2C(=O)N(CCCCCCO)C3C1=O. The number of nitrogens with zero attached hydrogens (tertiary/aromatic N) is 3. The number of aliphatic hydroxyl groups excluding tert-OH is 1. The van der Waals surface area contributed by atoms with Gasteiger partial charge in [0, 0.05) is 38.0 Å². The highest BCUT2D eigenvalue weighted by Crippen LogP contribution is 2.53. The lowest BCUT2D eigenvalue weighted by Crippen LogP contribution is -2.56. The Morgan fingerprint density at radius 3 is 2.48 bits per heavy atom. The molecule has 0 aromatic heterocycles. The van der Waals surface area contributed by atoms with Crippen LogP contribution in [-0.4, -0.2) is 89.3 Å². The molecule has 2 fully saturated rings. The number of likely N-dealkylation sites (tertiary alicyclic amines) is 1. The average Bonchev–Trinajstić information content (AvgIpc) is 3.28. The Labute approximate surface area is 249 Å². The summed E-state index contributed by atoms with van der Waals surface area (Å²) in [4.78, 5) is 48.3. The molecule has 1 N–H and O–H groups in total. The molecule has 4 heterocycles. The van der Waals surface area contributed by atoms with Gasteiger partial charge in [0.05, 0.1) is 24.5 Å². The maximum absolute atomic E-state index is 14.4. The molecule has 42 heavy (non-hydrogen) atoms. The van der Waals surface area contributed by atoms with E-state index in [1.807, 2.05) is 60.4 Å². The second-order valence-corrected chi connectivity index (χ2v) is 11.8. The van der Waals surface area contributed by atoms with Crippen molar-refractivity contribution in [2.45, 2.75) is 83.1 Å². The van der Waals surface area contributed by atoms with Crippen LogP contribution in [0.15, 0.2) is 48.6 Å². The molecule has 5 rings (SSSR count). The first-order chi connectivity index (χ1) is 20.4. The van der Waals surface area contributed by atoms with E-state index in [4.69, 9.17) is 9.47 Å². The Morgan fingerprint density at radius 2 is 1.76 bits per heavy atom. The molecule has 0 aliphatic carbocycles. The van der Waals surface area contributed by atoms with Crippen molar-refractivity contribution in [3.63, 3.8) is 0 Å². The zero-order valence-electron chi connectivity index (χ0n) is 25.1. The number of benzene rings is 1. The number of hydrogen-bond donors (Lipinski definition) is 1. The van der Waals surface area contributed by atoms with E-state index >= 15 is 0 Å². The smallest absolute Gasteiger partial charge is 0.249 e. The monoisotopic (exact) mass is 579 g/mol. The Bertz CT molecular complexity index is 1200. The van der Waals surface area contributed by atoms with E-state index in [1.165, 1.54) is 0 Å². The molecule has 0 bridgehead atoms. The number of carbonyl (C=O) groups excluding carboxylic acids is 3. The first kappa shape index (κ1) is 30.3. The predicted molar refractivity (Wildman–Crippen MR) is 160 cm³/mol. The van der Waals surface area contributed by atoms with Gasteiger partial charge in [0.15, 0.2) is 0 Å². The standard InChI is InChI=1S/C33H45N3O6/c1-4-12-23(3)34-21-11-18-33-28(31(39)36(29(33)32(34)40)19-8-6-7-9-22-37)27-26(42-33)13-10-20-35(30(27)38)24-14-16-25(17-15-24)41-5-2/h10-11,13-18,23,26-29,37H,4-9,12,19-22H2,1-3H3/t23?,26-,27+,28-,29?,33-/m0/s1. The van der Waals surface area contributed by atoms with Gasteiger partial charge in [-0.05, 0) is 57.4 Å². The van der Waals surface area contributed by atoms with Crippen LogP contribution in [0.4, 0.5) is 5.69 Å². The molecule has 228 valence electrons. The lowest BCUT2D eigenvalue weighted by Gasteiger charge is -2.37. The summed E-state index contributed by atoms with van der Waals surface area (Å²) in [6, 6.07) is 6.62. The molecule has 0 radical (unpaired) electrons. The lowest BCUT2D eigenvalue weighted by molar-refractivity contribution is -0.148. The average molecular weight is 580 g/mol. The summed E-state index contributed by atoms with van der Waals surface area (Å²) in [5.74, 6) is -1.29. The molecule has 2 saturated heterocycles. The van der Waals surface area contributed by atoms with Gasteiger partial charge in [-0.15, -0.1) is 0 Å². The summed E-state index contributed by atoms with van der Waals surface area (Å²) in [6.45, 7) is 8.01. The summed E-state index contributed by atoms with van der Waals surface area (Å²) in [6.07, 6.45) is 12.0. The predicted octanol–water partition coefficient (Wildman–Crippen LogP) is 3.71. The van der Waals surface area contributed by atoms with Crippen LogP contribution in [-0.2, 0) is 19.1 Å². The maximum Gasteiger partial charge on any atom is 0.249 e. The van der Waals surface area contributed by atoms with E-state index in [0.29, 0.717) is 39.1 Å². The highest BCUT2D eigenvalue weighted by Gasteiger charge is 2.71. The van der Waals surface area contributed by atoms with Crippen LogP contribution in [0.1, 0.15) is 59.3 Å². The fourth-order valence-corrected chi connectivity index (χ4v) is 7.23. The molecule has 2 unspecified atom stereocenters.